The number of hydrogen-bond donors (Lipinski definition) is 1. The fraction of sp³-hybridized carbons (Fsp3) is 0.561. The van der Waals surface area contributed by atoms with Crippen LogP contribution in [0.1, 0.15) is 78.2 Å². The minimum atomic E-state index is -2.33. The van der Waals surface area contributed by atoms with Crippen molar-refractivity contribution in [1.29, 1.82) is 0 Å². The van der Waals surface area contributed by atoms with Crippen molar-refractivity contribution in [3.8, 4) is 0 Å². The normalized spacial score (nSPS) is 24.9. The van der Waals surface area contributed by atoms with E-state index in [9.17, 15) is 24.3 Å². The van der Waals surface area contributed by atoms with E-state index in [-0.39, 0.29) is 43.5 Å². The zero-order valence-electron chi connectivity index (χ0n) is 31.1. The van der Waals surface area contributed by atoms with E-state index in [1.807, 2.05) is 74.6 Å². The second kappa shape index (κ2) is 21.0. The van der Waals surface area contributed by atoms with Gasteiger partial charge < -0.3 is 29.0 Å². The maximum Gasteiger partial charge on any atom is 0.329 e. The van der Waals surface area contributed by atoms with Gasteiger partial charge in [-0.25, -0.2) is 4.79 Å². The number of methoxy groups -OCH3 is 2. The highest BCUT2D eigenvalue weighted by Gasteiger charge is 2.52. The van der Waals surface area contributed by atoms with Gasteiger partial charge in [-0.1, -0.05) is 87.6 Å². The molecule has 0 saturated carbocycles. The monoisotopic (exact) mass is 707 g/mol. The molecule has 0 bridgehead atoms. The number of hydrogen-bond acceptors (Lipinski definition) is 9. The zero-order chi connectivity index (χ0) is 37.4. The van der Waals surface area contributed by atoms with Crippen molar-refractivity contribution in [3.63, 3.8) is 0 Å². The first kappa shape index (κ1) is 41.7. The first-order valence-corrected chi connectivity index (χ1v) is 18.1. The molecule has 1 N–H and O–H groups in total. The molecule has 2 aliphatic rings. The van der Waals surface area contributed by atoms with E-state index in [1.165, 1.54) is 12.0 Å². The third-order valence-corrected chi connectivity index (χ3v) is 9.77. The number of piperidine rings is 1. The first-order chi connectivity index (χ1) is 24.4. The molecule has 7 atom stereocenters. The van der Waals surface area contributed by atoms with E-state index in [2.05, 4.69) is 13.0 Å². The van der Waals surface area contributed by atoms with Crippen molar-refractivity contribution in [3.05, 3.63) is 77.9 Å². The van der Waals surface area contributed by atoms with E-state index in [0.29, 0.717) is 38.5 Å². The summed E-state index contributed by atoms with van der Waals surface area (Å²) < 4.78 is 22.2. The molecule has 1 amide bonds. The molecule has 2 heterocycles. The highest BCUT2D eigenvalue weighted by atomic mass is 16.6. The average molecular weight is 708 g/mol. The Kier molecular flexibility index (Phi) is 17.2. The average Bonchev–Trinajstić information content (AvgIpc) is 3.13. The number of aliphatic hydroxyl groups is 1. The van der Waals surface area contributed by atoms with E-state index in [4.69, 9.17) is 18.9 Å². The SMILES string of the molecule is COCC(=O)[C@H](C)C[C@H](C)/C=C/C=C/C=C(\C)[C@H](CC1CC[C@@H](C)[C@](O)(C(=O)C(=O)N2CCCCC2C(=O)OC/C=C\c2ccccc2)O1)OC. The second-order valence-corrected chi connectivity index (χ2v) is 13.9. The van der Waals surface area contributed by atoms with Crippen LogP contribution < -0.4 is 0 Å². The van der Waals surface area contributed by atoms with Gasteiger partial charge in [0.05, 0.1) is 12.2 Å². The Balaban J connectivity index is 1.59. The number of carbonyl (C=O) groups excluding carboxylic acids is 4. The highest BCUT2D eigenvalue weighted by molar-refractivity contribution is 6.39. The number of carbonyl (C=O) groups is 4. The van der Waals surface area contributed by atoms with Crippen molar-refractivity contribution in [2.75, 3.05) is 34.0 Å². The molecule has 280 valence electrons. The van der Waals surface area contributed by atoms with Crippen LogP contribution in [-0.4, -0.2) is 91.5 Å². The number of allylic oxidation sites excluding steroid dienone is 5. The van der Waals surface area contributed by atoms with Crippen LogP contribution in [0.25, 0.3) is 6.08 Å². The molecule has 2 fully saturated rings. The standard InChI is InChI=1S/C41H57NO9/c1-29(26-31(3)36(43)28-48-5)16-9-7-10-17-30(2)37(49-6)27-34-23-22-32(4)41(47,51-34)38(44)39(45)42-24-14-13-21-35(42)40(46)50-25-15-20-33-18-11-8-12-19-33/h7-12,15-20,29,31-32,34-35,37,47H,13-14,21-28H2,1-6H3/b10-7+,16-9+,20-15-,30-17+/t29-,31-,32-,34?,35?,37+,41-/m1/s1. The van der Waals surface area contributed by atoms with E-state index in [0.717, 1.165) is 17.6 Å². The number of ketones is 2. The Morgan fingerprint density at radius 1 is 1.04 bits per heavy atom. The lowest BCUT2D eigenvalue weighted by molar-refractivity contribution is -0.265. The van der Waals surface area contributed by atoms with Crippen LogP contribution in [-0.2, 0) is 38.1 Å². The van der Waals surface area contributed by atoms with Crippen LogP contribution in [0.15, 0.2) is 72.4 Å². The predicted molar refractivity (Wildman–Crippen MR) is 196 cm³/mol. The fourth-order valence-electron chi connectivity index (χ4n) is 6.57. The summed E-state index contributed by atoms with van der Waals surface area (Å²) in [6.07, 6.45) is 16.3. The molecule has 0 aliphatic carbocycles. The van der Waals surface area contributed by atoms with Crippen molar-refractivity contribution in [1.82, 2.24) is 4.90 Å². The summed E-state index contributed by atoms with van der Waals surface area (Å²) in [6, 6.07) is 8.69. The Labute approximate surface area is 303 Å². The number of likely N-dealkylation sites (tertiary alicyclic amines) is 1. The molecule has 0 aromatic heterocycles. The number of ether oxygens (including phenoxy) is 4. The molecule has 0 spiro atoms. The van der Waals surface area contributed by atoms with E-state index in [1.54, 1.807) is 20.1 Å². The third-order valence-electron chi connectivity index (χ3n) is 9.77. The van der Waals surface area contributed by atoms with Gasteiger partial charge in [-0.15, -0.1) is 0 Å². The van der Waals surface area contributed by atoms with E-state index >= 15 is 0 Å². The quantitative estimate of drug-likeness (QED) is 0.110. The van der Waals surface area contributed by atoms with Crippen LogP contribution in [0.5, 0.6) is 0 Å². The molecule has 2 aliphatic heterocycles. The lowest BCUT2D eigenvalue weighted by Gasteiger charge is -2.42. The minimum Gasteiger partial charge on any atom is -0.460 e. The van der Waals surface area contributed by atoms with Crippen LogP contribution >= 0.6 is 0 Å². The smallest absolute Gasteiger partial charge is 0.329 e. The Morgan fingerprint density at radius 3 is 2.49 bits per heavy atom. The van der Waals surface area contributed by atoms with Gasteiger partial charge in [0.1, 0.15) is 19.3 Å². The lowest BCUT2D eigenvalue weighted by Crippen LogP contribution is -2.60. The van der Waals surface area contributed by atoms with Crippen LogP contribution in [0.3, 0.4) is 0 Å². The Morgan fingerprint density at radius 2 is 1.78 bits per heavy atom. The summed E-state index contributed by atoms with van der Waals surface area (Å²) in [6.45, 7) is 7.99. The summed E-state index contributed by atoms with van der Waals surface area (Å²) in [4.78, 5) is 53.6. The van der Waals surface area contributed by atoms with Gasteiger partial charge in [0, 0.05) is 39.0 Å². The zero-order valence-corrected chi connectivity index (χ0v) is 31.1. The van der Waals surface area contributed by atoms with Crippen molar-refractivity contribution < 1.29 is 43.2 Å². The van der Waals surface area contributed by atoms with Gasteiger partial charge in [0.2, 0.25) is 5.79 Å². The van der Waals surface area contributed by atoms with Gasteiger partial charge in [0.15, 0.2) is 5.78 Å². The number of rotatable bonds is 18. The summed E-state index contributed by atoms with van der Waals surface area (Å²) in [5, 5.41) is 11.6. The highest BCUT2D eigenvalue weighted by Crippen LogP contribution is 2.36. The number of Topliss-reactive ketones (excluding diaryl/α,β-unsaturated/α-hetero) is 2. The summed E-state index contributed by atoms with van der Waals surface area (Å²) in [5.74, 6) is -5.28. The number of esters is 1. The molecule has 2 saturated heterocycles. The molecule has 0 radical (unpaired) electrons. The topological polar surface area (TPSA) is 129 Å². The van der Waals surface area contributed by atoms with Crippen molar-refractivity contribution in [2.24, 2.45) is 17.8 Å². The largest absolute Gasteiger partial charge is 0.460 e. The van der Waals surface area contributed by atoms with Gasteiger partial charge in [-0.3, -0.25) is 14.4 Å². The molecule has 10 heteroatoms. The van der Waals surface area contributed by atoms with Gasteiger partial charge >= 0.3 is 5.97 Å². The number of nitrogens with zero attached hydrogens (tertiary/aromatic N) is 1. The Bertz CT molecular complexity index is 1420. The third kappa shape index (κ3) is 12.5. The molecule has 10 nitrogen and oxygen atoms in total. The predicted octanol–water partition coefficient (Wildman–Crippen LogP) is 6.04. The molecule has 3 rings (SSSR count). The summed E-state index contributed by atoms with van der Waals surface area (Å²) in [7, 11) is 3.12. The van der Waals surface area contributed by atoms with Crippen LogP contribution in [0.4, 0.5) is 0 Å². The molecule has 51 heavy (non-hydrogen) atoms. The lowest BCUT2D eigenvalue weighted by atomic mass is 9.85. The minimum absolute atomic E-state index is 0.0321. The van der Waals surface area contributed by atoms with Crippen LogP contribution in [0.2, 0.25) is 0 Å². The first-order valence-electron chi connectivity index (χ1n) is 18.1. The molecular weight excluding hydrogens is 650 g/mol. The molecule has 1 aromatic rings. The molecular formula is C41H57NO9. The maximum absolute atomic E-state index is 13.7. The van der Waals surface area contributed by atoms with Crippen molar-refractivity contribution in [2.45, 2.75) is 96.7 Å². The number of benzene rings is 1. The van der Waals surface area contributed by atoms with E-state index < -0.39 is 41.5 Å². The van der Waals surface area contributed by atoms with Crippen molar-refractivity contribution >= 4 is 29.5 Å². The van der Waals surface area contributed by atoms with Gasteiger partial charge in [-0.2, -0.15) is 0 Å². The van der Waals surface area contributed by atoms with Gasteiger partial charge in [0.25, 0.3) is 11.7 Å². The second-order valence-electron chi connectivity index (χ2n) is 13.9. The summed E-state index contributed by atoms with van der Waals surface area (Å²) in [5.41, 5.74) is 1.89. The van der Waals surface area contributed by atoms with Crippen LogP contribution in [0, 0.1) is 17.8 Å². The van der Waals surface area contributed by atoms with Gasteiger partial charge in [-0.05, 0) is 68.6 Å². The fourth-order valence-corrected chi connectivity index (χ4v) is 6.57. The number of amides is 1. The Hall–Kier alpha value is -3.70. The summed E-state index contributed by atoms with van der Waals surface area (Å²) >= 11 is 0. The molecule has 2 unspecified atom stereocenters. The molecule has 1 aromatic carbocycles. The maximum atomic E-state index is 13.7.